The van der Waals surface area contributed by atoms with E-state index in [1.807, 2.05) is 32.8 Å². The summed E-state index contributed by atoms with van der Waals surface area (Å²) in [5.74, 6) is 1.56. The molecule has 1 aromatic heterocycles. The van der Waals surface area contributed by atoms with Gasteiger partial charge in [0.2, 0.25) is 18.1 Å². The van der Waals surface area contributed by atoms with Crippen LogP contribution in [0.4, 0.5) is 0 Å². The van der Waals surface area contributed by atoms with Crippen molar-refractivity contribution in [2.75, 3.05) is 27.2 Å². The Balaban J connectivity index is 1.98. The highest BCUT2D eigenvalue weighted by atomic mass is 16.5. The van der Waals surface area contributed by atoms with E-state index in [4.69, 9.17) is 9.47 Å². The first-order valence-corrected chi connectivity index (χ1v) is 7.75. The third-order valence-electron chi connectivity index (χ3n) is 2.99. The van der Waals surface area contributed by atoms with E-state index < -0.39 is 6.35 Å². The zero-order valence-corrected chi connectivity index (χ0v) is 14.0. The Morgan fingerprint density at radius 2 is 1.91 bits per heavy atom. The minimum absolute atomic E-state index is 0.105. The predicted octanol–water partition coefficient (Wildman–Crippen LogP) is -0.0687. The van der Waals surface area contributed by atoms with Crippen LogP contribution in [0.25, 0.3) is 0 Å². The molecule has 0 saturated carbocycles. The fraction of sp³-hybridized carbons (Fsp3) is 0.643. The standard InChI is InChI=1S/C14H25N7O2/c1-5-9-22-10-7-8-11(20-19-10)23-14-17-12(15-6-2)16-13(18-14)21(3)4/h7-8,13-14,18H,5-6,9H2,1-4H3,(H2,15,16,17). The summed E-state index contributed by atoms with van der Waals surface area (Å²) in [4.78, 5) is 6.33. The summed E-state index contributed by atoms with van der Waals surface area (Å²) < 4.78 is 11.2. The van der Waals surface area contributed by atoms with Crippen molar-refractivity contribution in [1.82, 2.24) is 31.0 Å². The van der Waals surface area contributed by atoms with E-state index in [1.165, 1.54) is 0 Å². The second-order valence-corrected chi connectivity index (χ2v) is 5.20. The molecule has 1 aliphatic heterocycles. The molecule has 3 N–H and O–H groups in total. The van der Waals surface area contributed by atoms with Crippen molar-refractivity contribution in [3.63, 3.8) is 0 Å². The van der Waals surface area contributed by atoms with Crippen LogP contribution >= 0.6 is 0 Å². The summed E-state index contributed by atoms with van der Waals surface area (Å²) in [6, 6.07) is 3.47. The van der Waals surface area contributed by atoms with Gasteiger partial charge in [0, 0.05) is 18.7 Å². The van der Waals surface area contributed by atoms with E-state index >= 15 is 0 Å². The molecule has 2 unspecified atom stereocenters. The number of aliphatic imine (C=N–C) groups is 1. The number of aromatic nitrogens is 2. The quantitative estimate of drug-likeness (QED) is 0.642. The molecule has 1 aromatic rings. The first kappa shape index (κ1) is 17.2. The molecule has 23 heavy (non-hydrogen) atoms. The van der Waals surface area contributed by atoms with Crippen LogP contribution in [0.3, 0.4) is 0 Å². The molecule has 0 bridgehead atoms. The van der Waals surface area contributed by atoms with Crippen LogP contribution in [0.15, 0.2) is 17.1 Å². The maximum absolute atomic E-state index is 5.77. The van der Waals surface area contributed by atoms with Gasteiger partial charge in [-0.15, -0.1) is 10.2 Å². The molecule has 128 valence electrons. The van der Waals surface area contributed by atoms with Gasteiger partial charge in [-0.3, -0.25) is 9.89 Å². The topological polar surface area (TPSA) is 95.9 Å². The summed E-state index contributed by atoms with van der Waals surface area (Å²) in [6.45, 7) is 5.30. The normalized spacial score (nSPS) is 22.6. The van der Waals surface area contributed by atoms with Gasteiger partial charge in [-0.1, -0.05) is 6.92 Å². The minimum Gasteiger partial charge on any atom is -0.477 e. The molecule has 2 rings (SSSR count). The van der Waals surface area contributed by atoms with Gasteiger partial charge < -0.3 is 20.1 Å². The Morgan fingerprint density at radius 1 is 1.17 bits per heavy atom. The zero-order valence-electron chi connectivity index (χ0n) is 14.0. The molecule has 1 aliphatic rings. The SMILES string of the molecule is CCCOc1ccc(OC2NC(=NCC)NC(N(C)C)N2)nn1. The average molecular weight is 323 g/mol. The van der Waals surface area contributed by atoms with E-state index in [9.17, 15) is 0 Å². The first-order chi connectivity index (χ1) is 11.1. The lowest BCUT2D eigenvalue weighted by molar-refractivity contribution is 0.0654. The maximum Gasteiger partial charge on any atom is 0.236 e. The van der Waals surface area contributed by atoms with Crippen molar-refractivity contribution in [2.45, 2.75) is 32.9 Å². The lowest BCUT2D eigenvalue weighted by Crippen LogP contribution is -2.70. The Hall–Kier alpha value is -2.13. The number of ether oxygens (including phenoxy) is 2. The highest BCUT2D eigenvalue weighted by Crippen LogP contribution is 2.11. The number of nitrogens with zero attached hydrogens (tertiary/aromatic N) is 4. The summed E-state index contributed by atoms with van der Waals surface area (Å²) >= 11 is 0. The fourth-order valence-corrected chi connectivity index (χ4v) is 1.89. The van der Waals surface area contributed by atoms with Crippen LogP contribution in [0.1, 0.15) is 20.3 Å². The van der Waals surface area contributed by atoms with Gasteiger partial charge in [-0.2, -0.15) is 0 Å². The lowest BCUT2D eigenvalue weighted by Gasteiger charge is -2.37. The van der Waals surface area contributed by atoms with Gasteiger partial charge in [0.1, 0.15) is 6.29 Å². The van der Waals surface area contributed by atoms with Crippen LogP contribution in [0.5, 0.6) is 11.8 Å². The van der Waals surface area contributed by atoms with Crippen LogP contribution in [0.2, 0.25) is 0 Å². The Kier molecular flexibility index (Phi) is 6.36. The van der Waals surface area contributed by atoms with Crippen LogP contribution in [-0.2, 0) is 0 Å². The number of hydrogen-bond donors (Lipinski definition) is 3. The average Bonchev–Trinajstić information content (AvgIpc) is 2.54. The molecule has 1 fully saturated rings. The van der Waals surface area contributed by atoms with E-state index in [1.54, 1.807) is 12.1 Å². The molecule has 0 radical (unpaired) electrons. The molecule has 1 saturated heterocycles. The fourth-order valence-electron chi connectivity index (χ4n) is 1.89. The van der Waals surface area contributed by atoms with Crippen molar-refractivity contribution in [3.05, 3.63) is 12.1 Å². The van der Waals surface area contributed by atoms with E-state index in [0.29, 0.717) is 30.9 Å². The van der Waals surface area contributed by atoms with Crippen LogP contribution in [-0.4, -0.2) is 60.9 Å². The summed E-state index contributed by atoms with van der Waals surface area (Å²) in [7, 11) is 3.91. The Morgan fingerprint density at radius 3 is 2.52 bits per heavy atom. The van der Waals surface area contributed by atoms with Crippen molar-refractivity contribution in [3.8, 4) is 11.8 Å². The Labute approximate surface area is 136 Å². The number of guanidine groups is 1. The van der Waals surface area contributed by atoms with Crippen LogP contribution < -0.4 is 25.4 Å². The second kappa shape index (κ2) is 8.49. The van der Waals surface area contributed by atoms with Gasteiger partial charge in [0.15, 0.2) is 5.96 Å². The highest BCUT2D eigenvalue weighted by molar-refractivity contribution is 5.80. The van der Waals surface area contributed by atoms with E-state index in [-0.39, 0.29) is 6.29 Å². The summed E-state index contributed by atoms with van der Waals surface area (Å²) in [5, 5.41) is 17.6. The molecule has 0 aliphatic carbocycles. The van der Waals surface area contributed by atoms with Gasteiger partial charge in [0.25, 0.3) is 0 Å². The molecule has 9 nitrogen and oxygen atoms in total. The first-order valence-electron chi connectivity index (χ1n) is 7.75. The Bertz CT molecular complexity index is 506. The molecular weight excluding hydrogens is 298 g/mol. The molecule has 2 heterocycles. The molecule has 0 amide bonds. The number of rotatable bonds is 7. The monoisotopic (exact) mass is 323 g/mol. The van der Waals surface area contributed by atoms with Gasteiger partial charge in [-0.05, 0) is 27.4 Å². The largest absolute Gasteiger partial charge is 0.477 e. The third-order valence-corrected chi connectivity index (χ3v) is 2.99. The van der Waals surface area contributed by atoms with Crippen LogP contribution in [0, 0.1) is 0 Å². The lowest BCUT2D eigenvalue weighted by atomic mass is 10.5. The zero-order chi connectivity index (χ0) is 16.7. The number of nitrogens with one attached hydrogen (secondary N) is 3. The summed E-state index contributed by atoms with van der Waals surface area (Å²) in [5.41, 5.74) is 0. The maximum atomic E-state index is 5.77. The van der Waals surface area contributed by atoms with Gasteiger partial charge in [0.05, 0.1) is 6.61 Å². The van der Waals surface area contributed by atoms with Crippen molar-refractivity contribution in [1.29, 1.82) is 0 Å². The van der Waals surface area contributed by atoms with E-state index in [2.05, 4.69) is 31.1 Å². The number of hydrogen-bond acceptors (Lipinski definition) is 7. The van der Waals surface area contributed by atoms with Crippen molar-refractivity contribution < 1.29 is 9.47 Å². The minimum atomic E-state index is -0.467. The second-order valence-electron chi connectivity index (χ2n) is 5.20. The molecule has 0 spiro atoms. The molecule has 9 heteroatoms. The smallest absolute Gasteiger partial charge is 0.236 e. The molecule has 2 atom stereocenters. The highest BCUT2D eigenvalue weighted by Gasteiger charge is 2.26. The predicted molar refractivity (Wildman–Crippen MR) is 87.1 cm³/mol. The third kappa shape index (κ3) is 5.22. The van der Waals surface area contributed by atoms with E-state index in [0.717, 1.165) is 6.42 Å². The van der Waals surface area contributed by atoms with Gasteiger partial charge >= 0.3 is 0 Å². The molecule has 0 aromatic carbocycles. The van der Waals surface area contributed by atoms with Crippen molar-refractivity contribution >= 4 is 5.96 Å². The molecular formula is C14H25N7O2. The van der Waals surface area contributed by atoms with Gasteiger partial charge in [-0.25, -0.2) is 5.32 Å². The summed E-state index contributed by atoms with van der Waals surface area (Å²) in [6.07, 6.45) is 0.353. The van der Waals surface area contributed by atoms with Crippen molar-refractivity contribution in [2.24, 2.45) is 4.99 Å².